The highest BCUT2D eigenvalue weighted by Gasteiger charge is 2.12. The lowest BCUT2D eigenvalue weighted by atomic mass is 10.1. The third-order valence-electron chi connectivity index (χ3n) is 3.65. The van der Waals surface area contributed by atoms with Crippen LogP contribution in [0.25, 0.3) is 16.7 Å². The van der Waals surface area contributed by atoms with Crippen LogP contribution in [0.3, 0.4) is 0 Å². The van der Waals surface area contributed by atoms with Gasteiger partial charge in [-0.05, 0) is 55.7 Å². The Labute approximate surface area is 112 Å². The van der Waals surface area contributed by atoms with Gasteiger partial charge in [-0.2, -0.15) is 0 Å². The van der Waals surface area contributed by atoms with Crippen LogP contribution in [0.15, 0.2) is 36.4 Å². The van der Waals surface area contributed by atoms with Crippen LogP contribution in [0.1, 0.15) is 16.7 Å². The van der Waals surface area contributed by atoms with E-state index in [4.69, 9.17) is 5.73 Å². The normalized spacial score (nSPS) is 11.1. The molecule has 2 N–H and O–H groups in total. The third kappa shape index (κ3) is 1.78. The summed E-state index contributed by atoms with van der Waals surface area (Å²) in [6.07, 6.45) is 0. The Hall–Kier alpha value is -2.29. The van der Waals surface area contributed by atoms with E-state index in [1.165, 1.54) is 16.7 Å². The van der Waals surface area contributed by atoms with Crippen molar-refractivity contribution in [3.05, 3.63) is 53.1 Å². The lowest BCUT2D eigenvalue weighted by Crippen LogP contribution is -2.03. The molecule has 0 amide bonds. The maximum Gasteiger partial charge on any atom is 0.205 e. The van der Waals surface area contributed by atoms with Crippen LogP contribution >= 0.6 is 0 Å². The molecule has 19 heavy (non-hydrogen) atoms. The average Bonchev–Trinajstić information content (AvgIpc) is 2.69. The van der Waals surface area contributed by atoms with Crippen molar-refractivity contribution in [3.8, 4) is 5.69 Å². The zero-order valence-electron chi connectivity index (χ0n) is 11.4. The topological polar surface area (TPSA) is 43.8 Å². The molecule has 3 nitrogen and oxygen atoms in total. The molecule has 0 spiro atoms. The molecular formula is C16H17N3. The van der Waals surface area contributed by atoms with Gasteiger partial charge >= 0.3 is 0 Å². The number of imidazole rings is 1. The lowest BCUT2D eigenvalue weighted by Gasteiger charge is -2.12. The van der Waals surface area contributed by atoms with Gasteiger partial charge in [0.2, 0.25) is 5.95 Å². The van der Waals surface area contributed by atoms with Crippen LogP contribution in [0, 0.1) is 20.8 Å². The Bertz CT molecular complexity index is 769. The van der Waals surface area contributed by atoms with E-state index in [1.807, 2.05) is 10.6 Å². The van der Waals surface area contributed by atoms with E-state index in [0.29, 0.717) is 5.95 Å². The standard InChI is InChI=1S/C16H17N3/c1-10-7-8-13-15(9-10)19(16(17)18-13)14-6-4-5-11(2)12(14)3/h4-9H,1-3H3,(H2,17,18). The Balaban J connectivity index is 2.39. The minimum absolute atomic E-state index is 0.536. The van der Waals surface area contributed by atoms with Gasteiger partial charge in [-0.3, -0.25) is 4.57 Å². The van der Waals surface area contributed by atoms with Gasteiger partial charge in [0.25, 0.3) is 0 Å². The van der Waals surface area contributed by atoms with Crippen molar-refractivity contribution in [2.75, 3.05) is 5.73 Å². The summed E-state index contributed by atoms with van der Waals surface area (Å²) in [5.74, 6) is 0.536. The fourth-order valence-corrected chi connectivity index (χ4v) is 2.43. The maximum absolute atomic E-state index is 6.11. The predicted molar refractivity (Wildman–Crippen MR) is 79.7 cm³/mol. The second-order valence-corrected chi connectivity index (χ2v) is 5.02. The maximum atomic E-state index is 6.11. The van der Waals surface area contributed by atoms with E-state index < -0.39 is 0 Å². The minimum atomic E-state index is 0.536. The first-order valence-corrected chi connectivity index (χ1v) is 6.39. The van der Waals surface area contributed by atoms with Crippen molar-refractivity contribution < 1.29 is 0 Å². The molecular weight excluding hydrogens is 234 g/mol. The second kappa shape index (κ2) is 4.12. The van der Waals surface area contributed by atoms with Crippen LogP contribution in [0.5, 0.6) is 0 Å². The number of aryl methyl sites for hydroxylation is 2. The number of anilines is 1. The second-order valence-electron chi connectivity index (χ2n) is 5.02. The number of aromatic nitrogens is 2. The van der Waals surface area contributed by atoms with Crippen molar-refractivity contribution >= 4 is 17.0 Å². The largest absolute Gasteiger partial charge is 0.369 e. The van der Waals surface area contributed by atoms with Crippen LogP contribution in [-0.4, -0.2) is 9.55 Å². The van der Waals surface area contributed by atoms with E-state index in [2.05, 4.69) is 56.1 Å². The lowest BCUT2D eigenvalue weighted by molar-refractivity contribution is 1.08. The van der Waals surface area contributed by atoms with Crippen molar-refractivity contribution in [1.29, 1.82) is 0 Å². The van der Waals surface area contributed by atoms with Crippen LogP contribution in [0.2, 0.25) is 0 Å². The van der Waals surface area contributed by atoms with Crippen molar-refractivity contribution in [3.63, 3.8) is 0 Å². The monoisotopic (exact) mass is 251 g/mol. The van der Waals surface area contributed by atoms with Crippen molar-refractivity contribution in [1.82, 2.24) is 9.55 Å². The molecule has 1 aromatic heterocycles. The molecule has 3 heteroatoms. The van der Waals surface area contributed by atoms with Crippen molar-refractivity contribution in [2.45, 2.75) is 20.8 Å². The zero-order chi connectivity index (χ0) is 13.6. The highest BCUT2D eigenvalue weighted by atomic mass is 15.2. The van der Waals surface area contributed by atoms with E-state index in [9.17, 15) is 0 Å². The SMILES string of the molecule is Cc1ccc2nc(N)n(-c3cccc(C)c3C)c2c1. The van der Waals surface area contributed by atoms with Gasteiger partial charge in [0, 0.05) is 0 Å². The molecule has 0 aliphatic rings. The Kier molecular flexibility index (Phi) is 2.56. The van der Waals surface area contributed by atoms with Gasteiger partial charge in [0.05, 0.1) is 16.7 Å². The highest BCUT2D eigenvalue weighted by molar-refractivity contribution is 5.82. The van der Waals surface area contributed by atoms with E-state index in [-0.39, 0.29) is 0 Å². The number of benzene rings is 2. The molecule has 0 atom stereocenters. The summed E-state index contributed by atoms with van der Waals surface area (Å²) in [6, 6.07) is 12.5. The highest BCUT2D eigenvalue weighted by Crippen LogP contribution is 2.27. The van der Waals surface area contributed by atoms with Gasteiger partial charge in [-0.15, -0.1) is 0 Å². The minimum Gasteiger partial charge on any atom is -0.369 e. The molecule has 0 saturated carbocycles. The summed E-state index contributed by atoms with van der Waals surface area (Å²) in [6.45, 7) is 6.31. The number of hydrogen-bond acceptors (Lipinski definition) is 2. The molecule has 0 unspecified atom stereocenters. The summed E-state index contributed by atoms with van der Waals surface area (Å²) in [7, 11) is 0. The first-order chi connectivity index (χ1) is 9.08. The van der Waals surface area contributed by atoms with Gasteiger partial charge in [-0.1, -0.05) is 18.2 Å². The molecule has 1 heterocycles. The fraction of sp³-hybridized carbons (Fsp3) is 0.188. The number of nitrogens with two attached hydrogens (primary N) is 1. The number of hydrogen-bond donors (Lipinski definition) is 1. The number of nitrogens with zero attached hydrogens (tertiary/aromatic N) is 2. The van der Waals surface area contributed by atoms with E-state index >= 15 is 0 Å². The van der Waals surface area contributed by atoms with Crippen molar-refractivity contribution in [2.24, 2.45) is 0 Å². The molecule has 0 aliphatic carbocycles. The Morgan fingerprint density at radius 3 is 2.63 bits per heavy atom. The van der Waals surface area contributed by atoms with Crippen LogP contribution in [0.4, 0.5) is 5.95 Å². The molecule has 0 saturated heterocycles. The van der Waals surface area contributed by atoms with E-state index in [0.717, 1.165) is 16.7 Å². The van der Waals surface area contributed by atoms with Gasteiger partial charge in [-0.25, -0.2) is 4.98 Å². The van der Waals surface area contributed by atoms with Gasteiger partial charge in [0.15, 0.2) is 0 Å². The molecule has 0 bridgehead atoms. The quantitative estimate of drug-likeness (QED) is 0.719. The molecule has 3 aromatic rings. The summed E-state index contributed by atoms with van der Waals surface area (Å²) in [4.78, 5) is 4.44. The first-order valence-electron chi connectivity index (χ1n) is 6.39. The average molecular weight is 251 g/mol. The Morgan fingerprint density at radius 2 is 1.84 bits per heavy atom. The first kappa shape index (κ1) is 11.8. The van der Waals surface area contributed by atoms with Crippen LogP contribution < -0.4 is 5.73 Å². The zero-order valence-corrected chi connectivity index (χ0v) is 11.4. The van der Waals surface area contributed by atoms with Gasteiger partial charge < -0.3 is 5.73 Å². The molecule has 0 fully saturated rings. The summed E-state index contributed by atoms with van der Waals surface area (Å²) < 4.78 is 2.03. The molecule has 3 rings (SSSR count). The Morgan fingerprint density at radius 1 is 1.05 bits per heavy atom. The smallest absolute Gasteiger partial charge is 0.205 e. The molecule has 96 valence electrons. The summed E-state index contributed by atoms with van der Waals surface area (Å²) >= 11 is 0. The molecule has 0 radical (unpaired) electrons. The molecule has 0 aliphatic heterocycles. The third-order valence-corrected chi connectivity index (χ3v) is 3.65. The number of rotatable bonds is 1. The van der Waals surface area contributed by atoms with Crippen LogP contribution in [-0.2, 0) is 0 Å². The van der Waals surface area contributed by atoms with E-state index in [1.54, 1.807) is 0 Å². The predicted octanol–water partition coefficient (Wildman–Crippen LogP) is 3.53. The summed E-state index contributed by atoms with van der Waals surface area (Å²) in [5, 5.41) is 0. The van der Waals surface area contributed by atoms with Gasteiger partial charge in [0.1, 0.15) is 0 Å². The molecule has 2 aromatic carbocycles. The fourth-order valence-electron chi connectivity index (χ4n) is 2.43. The number of nitrogen functional groups attached to an aromatic ring is 1. The number of fused-ring (bicyclic) bond motifs is 1. The summed E-state index contributed by atoms with van der Waals surface area (Å²) in [5.41, 5.74) is 12.9.